The van der Waals surface area contributed by atoms with Gasteiger partial charge in [0.1, 0.15) is 5.75 Å². The molecule has 1 aliphatic rings. The standard InChI is InChI=1S/C22H21F3N4O3/c23-22(24,25)20(30)12-26-21(31)19-14-28(17-4-1-2-5-18(17)32-19)13-15-6-8-16(9-7-15)29-11-3-10-27-29/h1-11,19-20,30H,12-14H2,(H,26,31). The van der Waals surface area contributed by atoms with E-state index in [0.29, 0.717) is 12.3 Å². The van der Waals surface area contributed by atoms with Crippen molar-refractivity contribution in [3.05, 3.63) is 72.6 Å². The Morgan fingerprint density at radius 3 is 2.62 bits per heavy atom. The van der Waals surface area contributed by atoms with Gasteiger partial charge in [0.05, 0.1) is 24.5 Å². The van der Waals surface area contributed by atoms with Crippen LogP contribution in [0.2, 0.25) is 0 Å². The van der Waals surface area contributed by atoms with Crippen LogP contribution in [0.5, 0.6) is 5.75 Å². The van der Waals surface area contributed by atoms with Crippen LogP contribution in [0.3, 0.4) is 0 Å². The molecule has 1 amide bonds. The molecule has 0 bridgehead atoms. The number of halogens is 3. The van der Waals surface area contributed by atoms with Crippen LogP contribution in [0, 0.1) is 0 Å². The molecule has 3 aromatic rings. The summed E-state index contributed by atoms with van der Waals surface area (Å²) in [6.07, 6.45) is -4.92. The van der Waals surface area contributed by atoms with Gasteiger partial charge < -0.3 is 20.1 Å². The second-order valence-corrected chi connectivity index (χ2v) is 7.37. The zero-order valence-electron chi connectivity index (χ0n) is 16.9. The molecule has 1 aromatic heterocycles. The second kappa shape index (κ2) is 8.91. The molecule has 2 heterocycles. The number of fused-ring (bicyclic) bond motifs is 1. The highest BCUT2D eigenvalue weighted by atomic mass is 19.4. The molecule has 0 fully saturated rings. The minimum Gasteiger partial charge on any atom is -0.477 e. The number of hydrogen-bond acceptors (Lipinski definition) is 5. The average molecular weight is 446 g/mol. The Balaban J connectivity index is 1.47. The molecule has 2 atom stereocenters. The summed E-state index contributed by atoms with van der Waals surface area (Å²) < 4.78 is 45.0. The Kier molecular flexibility index (Phi) is 6.04. The number of anilines is 1. The highest BCUT2D eigenvalue weighted by Gasteiger charge is 2.39. The number of hydrogen-bond donors (Lipinski definition) is 2. The van der Waals surface area contributed by atoms with E-state index in [9.17, 15) is 18.0 Å². The van der Waals surface area contributed by atoms with Crippen molar-refractivity contribution in [1.82, 2.24) is 15.1 Å². The zero-order chi connectivity index (χ0) is 22.7. The highest BCUT2D eigenvalue weighted by molar-refractivity contribution is 5.83. The summed E-state index contributed by atoms with van der Waals surface area (Å²) in [4.78, 5) is 14.4. The first kappa shape index (κ1) is 21.7. The van der Waals surface area contributed by atoms with Crippen molar-refractivity contribution in [2.45, 2.75) is 24.9 Å². The van der Waals surface area contributed by atoms with Crippen molar-refractivity contribution in [3.8, 4) is 11.4 Å². The first-order valence-corrected chi connectivity index (χ1v) is 9.93. The van der Waals surface area contributed by atoms with Gasteiger partial charge in [-0.05, 0) is 35.9 Å². The van der Waals surface area contributed by atoms with Gasteiger partial charge in [0.15, 0.2) is 12.2 Å². The Morgan fingerprint density at radius 1 is 1.19 bits per heavy atom. The summed E-state index contributed by atoms with van der Waals surface area (Å²) in [6, 6.07) is 16.7. The molecule has 4 rings (SSSR count). The molecule has 0 aliphatic carbocycles. The number of aromatic nitrogens is 2. The molecule has 2 N–H and O–H groups in total. The van der Waals surface area contributed by atoms with Gasteiger partial charge in [0.25, 0.3) is 5.91 Å². The lowest BCUT2D eigenvalue weighted by Gasteiger charge is -2.35. The third-order valence-corrected chi connectivity index (χ3v) is 5.08. The van der Waals surface area contributed by atoms with E-state index in [4.69, 9.17) is 9.84 Å². The average Bonchev–Trinajstić information content (AvgIpc) is 3.32. The zero-order valence-corrected chi connectivity index (χ0v) is 16.9. The normalized spacial score (nSPS) is 16.8. The predicted molar refractivity (Wildman–Crippen MR) is 111 cm³/mol. The van der Waals surface area contributed by atoms with Gasteiger partial charge in [0.2, 0.25) is 0 Å². The molecule has 2 unspecified atom stereocenters. The Hall–Kier alpha value is -3.53. The molecule has 1 aliphatic heterocycles. The molecular formula is C22H21F3N4O3. The van der Waals surface area contributed by atoms with Crippen LogP contribution in [0.15, 0.2) is 67.0 Å². The maximum absolute atomic E-state index is 12.5. The van der Waals surface area contributed by atoms with Crippen LogP contribution in [-0.2, 0) is 11.3 Å². The van der Waals surface area contributed by atoms with Gasteiger partial charge in [-0.2, -0.15) is 18.3 Å². The lowest BCUT2D eigenvalue weighted by molar-refractivity contribution is -0.202. The van der Waals surface area contributed by atoms with E-state index in [1.165, 1.54) is 0 Å². The van der Waals surface area contributed by atoms with Crippen LogP contribution in [-0.4, -0.2) is 52.3 Å². The van der Waals surface area contributed by atoms with Crippen LogP contribution in [0.25, 0.3) is 5.69 Å². The second-order valence-electron chi connectivity index (χ2n) is 7.37. The molecule has 32 heavy (non-hydrogen) atoms. The molecule has 0 spiro atoms. The van der Waals surface area contributed by atoms with Gasteiger partial charge in [0, 0.05) is 18.9 Å². The maximum Gasteiger partial charge on any atom is 0.416 e. The van der Waals surface area contributed by atoms with Gasteiger partial charge in [-0.15, -0.1) is 0 Å². The molecule has 7 nitrogen and oxygen atoms in total. The van der Waals surface area contributed by atoms with E-state index in [1.54, 1.807) is 23.0 Å². The number of aliphatic hydroxyl groups is 1. The maximum atomic E-state index is 12.5. The smallest absolute Gasteiger partial charge is 0.416 e. The van der Waals surface area contributed by atoms with E-state index in [2.05, 4.69) is 10.4 Å². The largest absolute Gasteiger partial charge is 0.477 e. The van der Waals surface area contributed by atoms with Gasteiger partial charge >= 0.3 is 6.18 Å². The summed E-state index contributed by atoms with van der Waals surface area (Å²) in [5.41, 5.74) is 2.66. The fraction of sp³-hybridized carbons (Fsp3) is 0.273. The fourth-order valence-electron chi connectivity index (χ4n) is 3.42. The third-order valence-electron chi connectivity index (χ3n) is 5.08. The number of carbonyl (C=O) groups is 1. The minimum absolute atomic E-state index is 0.145. The van der Waals surface area contributed by atoms with Crippen LogP contribution in [0.1, 0.15) is 5.56 Å². The summed E-state index contributed by atoms with van der Waals surface area (Å²) in [5, 5.41) is 15.5. The first-order valence-electron chi connectivity index (χ1n) is 9.93. The molecule has 0 saturated carbocycles. The summed E-state index contributed by atoms with van der Waals surface area (Å²) in [6.45, 7) is -0.320. The lowest BCUT2D eigenvalue weighted by Crippen LogP contribution is -2.51. The van der Waals surface area contributed by atoms with Gasteiger partial charge in [-0.25, -0.2) is 4.68 Å². The predicted octanol–water partition coefficient (Wildman–Crippen LogP) is 2.68. The van der Waals surface area contributed by atoms with Crippen LogP contribution >= 0.6 is 0 Å². The van der Waals surface area contributed by atoms with Crippen molar-refractivity contribution in [2.24, 2.45) is 0 Å². The van der Waals surface area contributed by atoms with E-state index in [1.807, 2.05) is 53.6 Å². The summed E-state index contributed by atoms with van der Waals surface area (Å²) in [5.74, 6) is -0.259. The minimum atomic E-state index is -4.80. The Bertz CT molecular complexity index is 1060. The number of nitrogens with zero attached hydrogens (tertiary/aromatic N) is 3. The molecule has 2 aromatic carbocycles. The van der Waals surface area contributed by atoms with Gasteiger partial charge in [-0.1, -0.05) is 24.3 Å². The Labute approximate surface area is 182 Å². The number of ether oxygens (including phenoxy) is 1. The number of alkyl halides is 3. The number of nitrogens with one attached hydrogen (secondary N) is 1. The van der Waals surface area contributed by atoms with Crippen molar-refractivity contribution >= 4 is 11.6 Å². The van der Waals surface area contributed by atoms with E-state index in [-0.39, 0.29) is 6.54 Å². The number of para-hydroxylation sites is 2. The van der Waals surface area contributed by atoms with E-state index in [0.717, 1.165) is 16.9 Å². The lowest BCUT2D eigenvalue weighted by atomic mass is 10.1. The number of rotatable bonds is 6. The topological polar surface area (TPSA) is 79.6 Å². The van der Waals surface area contributed by atoms with E-state index < -0.39 is 30.8 Å². The SMILES string of the molecule is O=C(NCC(O)C(F)(F)F)C1CN(Cc2ccc(-n3cccn3)cc2)c2ccccc2O1. The third kappa shape index (κ3) is 4.86. The molecule has 10 heteroatoms. The molecule has 168 valence electrons. The highest BCUT2D eigenvalue weighted by Crippen LogP contribution is 2.34. The number of benzene rings is 2. The van der Waals surface area contributed by atoms with Crippen molar-refractivity contribution in [1.29, 1.82) is 0 Å². The van der Waals surface area contributed by atoms with Crippen LogP contribution in [0.4, 0.5) is 18.9 Å². The van der Waals surface area contributed by atoms with Crippen molar-refractivity contribution < 1.29 is 27.8 Å². The summed E-state index contributed by atoms with van der Waals surface area (Å²) in [7, 11) is 0. The monoisotopic (exact) mass is 446 g/mol. The quantitative estimate of drug-likeness (QED) is 0.609. The number of aliphatic hydroxyl groups excluding tert-OH is 1. The summed E-state index contributed by atoms with van der Waals surface area (Å²) >= 11 is 0. The van der Waals surface area contributed by atoms with Gasteiger partial charge in [-0.3, -0.25) is 4.79 Å². The van der Waals surface area contributed by atoms with Crippen LogP contribution < -0.4 is 15.0 Å². The van der Waals surface area contributed by atoms with Crippen molar-refractivity contribution in [2.75, 3.05) is 18.0 Å². The van der Waals surface area contributed by atoms with Crippen molar-refractivity contribution in [3.63, 3.8) is 0 Å². The molecular weight excluding hydrogens is 425 g/mol. The molecule has 0 radical (unpaired) electrons. The first-order chi connectivity index (χ1) is 15.3. The fourth-order valence-corrected chi connectivity index (χ4v) is 3.42. The number of amides is 1. The molecule has 0 saturated heterocycles. The number of carbonyl (C=O) groups excluding carboxylic acids is 1. The van der Waals surface area contributed by atoms with E-state index >= 15 is 0 Å². The Morgan fingerprint density at radius 2 is 1.94 bits per heavy atom.